The molecule has 3 heteroatoms. The van der Waals surface area contributed by atoms with Crippen molar-refractivity contribution in [3.8, 4) is 0 Å². The van der Waals surface area contributed by atoms with E-state index in [0.29, 0.717) is 12.6 Å². The number of carbonyl (C=O) groups excluding carboxylic acids is 1. The molecule has 1 atom stereocenters. The molecule has 2 aromatic carbocycles. The van der Waals surface area contributed by atoms with Gasteiger partial charge in [-0.1, -0.05) is 24.3 Å². The third-order valence-electron chi connectivity index (χ3n) is 4.73. The highest BCUT2D eigenvalue weighted by atomic mass is 16.1. The molecule has 0 saturated carbocycles. The smallest absolute Gasteiger partial charge is 0.251 e. The van der Waals surface area contributed by atoms with Crippen LogP contribution < -0.4 is 10.2 Å². The van der Waals surface area contributed by atoms with E-state index in [1.165, 1.54) is 17.7 Å². The molecule has 1 heterocycles. The van der Waals surface area contributed by atoms with Gasteiger partial charge in [0.1, 0.15) is 0 Å². The van der Waals surface area contributed by atoms with Gasteiger partial charge in [0.25, 0.3) is 5.91 Å². The van der Waals surface area contributed by atoms with E-state index in [0.717, 1.165) is 24.1 Å². The summed E-state index contributed by atoms with van der Waals surface area (Å²) in [6.07, 6.45) is 2.31. The first kappa shape index (κ1) is 15.6. The van der Waals surface area contributed by atoms with Crippen molar-refractivity contribution in [3.05, 3.63) is 65.2 Å². The molecule has 0 aromatic heterocycles. The van der Waals surface area contributed by atoms with E-state index in [-0.39, 0.29) is 5.91 Å². The summed E-state index contributed by atoms with van der Waals surface area (Å²) in [5, 5.41) is 3.11. The van der Waals surface area contributed by atoms with Crippen LogP contribution in [0.5, 0.6) is 0 Å². The SMILES string of the molecule is Cc1ccc(C(=O)NCC2CCCN2c2ccccc2)cc1C. The van der Waals surface area contributed by atoms with E-state index >= 15 is 0 Å². The standard InChI is InChI=1S/C20H24N2O/c1-15-10-11-17(13-16(15)2)20(23)21-14-19-9-6-12-22(19)18-7-4-3-5-8-18/h3-5,7-8,10-11,13,19H,6,9,12,14H2,1-2H3,(H,21,23). The van der Waals surface area contributed by atoms with Gasteiger partial charge in [-0.3, -0.25) is 4.79 Å². The predicted molar refractivity (Wildman–Crippen MR) is 95.1 cm³/mol. The molecule has 23 heavy (non-hydrogen) atoms. The highest BCUT2D eigenvalue weighted by molar-refractivity contribution is 5.94. The number of benzene rings is 2. The molecule has 3 rings (SSSR count). The van der Waals surface area contributed by atoms with Gasteiger partial charge in [-0.15, -0.1) is 0 Å². The predicted octanol–water partition coefficient (Wildman–Crippen LogP) is 3.70. The van der Waals surface area contributed by atoms with Gasteiger partial charge in [0.2, 0.25) is 0 Å². The zero-order chi connectivity index (χ0) is 16.2. The van der Waals surface area contributed by atoms with Crippen LogP contribution in [0.25, 0.3) is 0 Å². The third kappa shape index (κ3) is 3.55. The van der Waals surface area contributed by atoms with E-state index in [2.05, 4.69) is 41.4 Å². The van der Waals surface area contributed by atoms with Crippen molar-refractivity contribution < 1.29 is 4.79 Å². The Morgan fingerprint density at radius 3 is 2.65 bits per heavy atom. The van der Waals surface area contributed by atoms with E-state index in [9.17, 15) is 4.79 Å². The monoisotopic (exact) mass is 308 g/mol. The molecule has 3 nitrogen and oxygen atoms in total. The van der Waals surface area contributed by atoms with Gasteiger partial charge in [0, 0.05) is 30.4 Å². The minimum absolute atomic E-state index is 0.0213. The number of nitrogens with one attached hydrogen (secondary N) is 1. The molecule has 1 saturated heterocycles. The van der Waals surface area contributed by atoms with Crippen molar-refractivity contribution in [2.45, 2.75) is 32.7 Å². The number of amides is 1. The van der Waals surface area contributed by atoms with Crippen LogP contribution in [0.2, 0.25) is 0 Å². The Kier molecular flexibility index (Phi) is 4.65. The Balaban J connectivity index is 1.63. The topological polar surface area (TPSA) is 32.3 Å². The fourth-order valence-electron chi connectivity index (χ4n) is 3.20. The number of aryl methyl sites for hydroxylation is 2. The zero-order valence-corrected chi connectivity index (χ0v) is 13.9. The van der Waals surface area contributed by atoms with Gasteiger partial charge in [-0.05, 0) is 62.1 Å². The summed E-state index contributed by atoms with van der Waals surface area (Å²) in [5.74, 6) is 0.0213. The summed E-state index contributed by atoms with van der Waals surface area (Å²) in [6.45, 7) is 5.86. The summed E-state index contributed by atoms with van der Waals surface area (Å²) in [4.78, 5) is 14.8. The van der Waals surface area contributed by atoms with Gasteiger partial charge in [-0.25, -0.2) is 0 Å². The first-order valence-corrected chi connectivity index (χ1v) is 8.32. The van der Waals surface area contributed by atoms with Crippen LogP contribution in [0.15, 0.2) is 48.5 Å². The highest BCUT2D eigenvalue weighted by Gasteiger charge is 2.25. The van der Waals surface area contributed by atoms with Gasteiger partial charge in [-0.2, -0.15) is 0 Å². The Morgan fingerprint density at radius 2 is 1.91 bits per heavy atom. The first-order valence-electron chi connectivity index (χ1n) is 8.32. The first-order chi connectivity index (χ1) is 11.1. The molecule has 0 bridgehead atoms. The lowest BCUT2D eigenvalue weighted by molar-refractivity contribution is 0.0951. The molecule has 1 unspecified atom stereocenters. The number of hydrogen-bond acceptors (Lipinski definition) is 2. The molecule has 1 aliphatic heterocycles. The van der Waals surface area contributed by atoms with Crippen molar-refractivity contribution in [2.75, 3.05) is 18.0 Å². The Morgan fingerprint density at radius 1 is 1.13 bits per heavy atom. The Bertz CT molecular complexity index is 681. The largest absolute Gasteiger partial charge is 0.367 e. The second kappa shape index (κ2) is 6.86. The fourth-order valence-corrected chi connectivity index (χ4v) is 3.20. The van der Waals surface area contributed by atoms with Crippen LogP contribution in [-0.2, 0) is 0 Å². The lowest BCUT2D eigenvalue weighted by Crippen LogP contribution is -2.40. The second-order valence-corrected chi connectivity index (χ2v) is 6.33. The van der Waals surface area contributed by atoms with Crippen molar-refractivity contribution in [2.24, 2.45) is 0 Å². The third-order valence-corrected chi connectivity index (χ3v) is 4.73. The van der Waals surface area contributed by atoms with Crippen LogP contribution in [0.4, 0.5) is 5.69 Å². The molecule has 1 aliphatic rings. The summed E-state index contributed by atoms with van der Waals surface area (Å²) < 4.78 is 0. The molecule has 0 radical (unpaired) electrons. The number of hydrogen-bond donors (Lipinski definition) is 1. The number of nitrogens with zero attached hydrogens (tertiary/aromatic N) is 1. The fraction of sp³-hybridized carbons (Fsp3) is 0.350. The summed E-state index contributed by atoms with van der Waals surface area (Å²) in [6, 6.07) is 16.7. The Hall–Kier alpha value is -2.29. The molecule has 1 fully saturated rings. The van der Waals surface area contributed by atoms with Crippen LogP contribution in [0, 0.1) is 13.8 Å². The summed E-state index contributed by atoms with van der Waals surface area (Å²) >= 11 is 0. The number of anilines is 1. The molecule has 0 aliphatic carbocycles. The second-order valence-electron chi connectivity index (χ2n) is 6.33. The quantitative estimate of drug-likeness (QED) is 0.934. The molecular formula is C20H24N2O. The lowest BCUT2D eigenvalue weighted by atomic mass is 10.1. The normalized spacial score (nSPS) is 17.3. The van der Waals surface area contributed by atoms with E-state index in [4.69, 9.17) is 0 Å². The van der Waals surface area contributed by atoms with Gasteiger partial charge >= 0.3 is 0 Å². The Labute approximate surface area is 138 Å². The summed E-state index contributed by atoms with van der Waals surface area (Å²) in [5.41, 5.74) is 4.37. The van der Waals surface area contributed by atoms with Crippen LogP contribution >= 0.6 is 0 Å². The van der Waals surface area contributed by atoms with Gasteiger partial charge in [0.05, 0.1) is 0 Å². The van der Waals surface area contributed by atoms with Gasteiger partial charge < -0.3 is 10.2 Å². The van der Waals surface area contributed by atoms with Crippen LogP contribution in [0.3, 0.4) is 0 Å². The average Bonchev–Trinajstić information content (AvgIpc) is 3.04. The van der Waals surface area contributed by atoms with E-state index < -0.39 is 0 Å². The molecule has 120 valence electrons. The zero-order valence-electron chi connectivity index (χ0n) is 13.9. The molecule has 1 N–H and O–H groups in total. The van der Waals surface area contributed by atoms with Crippen LogP contribution in [0.1, 0.15) is 34.3 Å². The van der Waals surface area contributed by atoms with Crippen LogP contribution in [-0.4, -0.2) is 25.0 Å². The van der Waals surface area contributed by atoms with E-state index in [1.807, 2.05) is 31.2 Å². The van der Waals surface area contributed by atoms with Gasteiger partial charge in [0.15, 0.2) is 0 Å². The maximum Gasteiger partial charge on any atom is 0.251 e. The highest BCUT2D eigenvalue weighted by Crippen LogP contribution is 2.24. The summed E-state index contributed by atoms with van der Waals surface area (Å²) in [7, 11) is 0. The number of para-hydroxylation sites is 1. The number of rotatable bonds is 4. The number of carbonyl (C=O) groups is 1. The minimum Gasteiger partial charge on any atom is -0.367 e. The average molecular weight is 308 g/mol. The lowest BCUT2D eigenvalue weighted by Gasteiger charge is -2.27. The van der Waals surface area contributed by atoms with Crippen molar-refractivity contribution >= 4 is 11.6 Å². The molecule has 1 amide bonds. The maximum absolute atomic E-state index is 12.4. The van der Waals surface area contributed by atoms with Crippen molar-refractivity contribution in [1.82, 2.24) is 5.32 Å². The van der Waals surface area contributed by atoms with Crippen molar-refractivity contribution in [1.29, 1.82) is 0 Å². The molecule has 0 spiro atoms. The molecular weight excluding hydrogens is 284 g/mol. The minimum atomic E-state index is 0.0213. The van der Waals surface area contributed by atoms with Crippen molar-refractivity contribution in [3.63, 3.8) is 0 Å². The maximum atomic E-state index is 12.4. The van der Waals surface area contributed by atoms with E-state index in [1.54, 1.807) is 0 Å². The molecule has 2 aromatic rings.